The molecule has 1 unspecified atom stereocenters. The summed E-state index contributed by atoms with van der Waals surface area (Å²) in [6.07, 6.45) is 105. The molecule has 0 aliphatic carbocycles. The van der Waals surface area contributed by atoms with Crippen LogP contribution in [0, 0.1) is 0 Å². The Labute approximate surface area is 524 Å². The van der Waals surface area contributed by atoms with Gasteiger partial charge in [0, 0.05) is 12.8 Å². The van der Waals surface area contributed by atoms with Crippen molar-refractivity contribution in [3.05, 3.63) is 85.1 Å². The van der Waals surface area contributed by atoms with E-state index in [0.717, 1.165) is 77.0 Å². The molecule has 5 nitrogen and oxygen atoms in total. The zero-order chi connectivity index (χ0) is 60.5. The molecule has 0 aromatic heterocycles. The maximum absolute atomic E-state index is 12.4. The number of allylic oxidation sites excluding steroid dienone is 14. The first-order valence-electron chi connectivity index (χ1n) is 37.1. The fourth-order valence-corrected chi connectivity index (χ4v) is 11.1. The van der Waals surface area contributed by atoms with Crippen LogP contribution in [0.4, 0.5) is 0 Å². The fourth-order valence-electron chi connectivity index (χ4n) is 11.1. The number of carbonyl (C=O) groups is 2. The van der Waals surface area contributed by atoms with Crippen molar-refractivity contribution >= 4 is 11.9 Å². The monoisotopic (exact) mass is 1170 g/mol. The number of carbonyl (C=O) groups excluding carboxylic acids is 2. The van der Waals surface area contributed by atoms with Crippen molar-refractivity contribution in [2.45, 2.75) is 392 Å². The van der Waals surface area contributed by atoms with Crippen LogP contribution >= 0.6 is 0 Å². The Balaban J connectivity index is 3.39. The normalized spacial score (nSPS) is 12.7. The van der Waals surface area contributed by atoms with Crippen LogP contribution < -0.4 is 0 Å². The van der Waals surface area contributed by atoms with Gasteiger partial charge in [0.05, 0.1) is 6.61 Å². The van der Waals surface area contributed by atoms with Crippen molar-refractivity contribution < 1.29 is 24.2 Å². The molecular formula is C79H142O5. The lowest BCUT2D eigenvalue weighted by atomic mass is 10.0. The van der Waals surface area contributed by atoms with Crippen molar-refractivity contribution in [1.82, 2.24) is 0 Å². The molecule has 0 fully saturated rings. The van der Waals surface area contributed by atoms with Gasteiger partial charge in [-0.05, 0) is 89.9 Å². The molecule has 0 saturated carbocycles. The highest BCUT2D eigenvalue weighted by molar-refractivity contribution is 5.70. The number of unbranched alkanes of at least 4 members (excludes halogenated alkanes) is 47. The molecule has 0 rings (SSSR count). The van der Waals surface area contributed by atoms with Crippen molar-refractivity contribution in [1.29, 1.82) is 0 Å². The van der Waals surface area contributed by atoms with E-state index >= 15 is 0 Å². The van der Waals surface area contributed by atoms with E-state index in [4.69, 9.17) is 9.47 Å². The molecule has 0 aliphatic rings. The van der Waals surface area contributed by atoms with Crippen LogP contribution in [-0.2, 0) is 19.1 Å². The molecule has 1 atom stereocenters. The number of aliphatic hydroxyl groups is 1. The predicted molar refractivity (Wildman–Crippen MR) is 371 cm³/mol. The second-order valence-electron chi connectivity index (χ2n) is 25.0. The molecule has 0 spiro atoms. The summed E-state index contributed by atoms with van der Waals surface area (Å²) < 4.78 is 10.8. The smallest absolute Gasteiger partial charge is 0.306 e. The molecule has 0 aromatic rings. The maximum atomic E-state index is 12.4. The van der Waals surface area contributed by atoms with E-state index in [9.17, 15) is 14.7 Å². The van der Waals surface area contributed by atoms with Gasteiger partial charge in [-0.2, -0.15) is 0 Å². The van der Waals surface area contributed by atoms with Crippen LogP contribution in [0.1, 0.15) is 386 Å². The summed E-state index contributed by atoms with van der Waals surface area (Å²) in [4.78, 5) is 24.7. The molecule has 1 N–H and O–H groups in total. The fraction of sp³-hybridized carbons (Fsp3) is 0.797. The largest absolute Gasteiger partial charge is 0.462 e. The predicted octanol–water partition coefficient (Wildman–Crippen LogP) is 26.0. The van der Waals surface area contributed by atoms with Crippen molar-refractivity contribution in [2.75, 3.05) is 13.2 Å². The molecule has 0 amide bonds. The summed E-state index contributed by atoms with van der Waals surface area (Å²) >= 11 is 0. The summed E-state index contributed by atoms with van der Waals surface area (Å²) in [5, 5.41) is 9.71. The van der Waals surface area contributed by atoms with Crippen molar-refractivity contribution in [3.8, 4) is 0 Å². The van der Waals surface area contributed by atoms with Gasteiger partial charge in [-0.25, -0.2) is 0 Å². The molecule has 488 valence electrons. The lowest BCUT2D eigenvalue weighted by Gasteiger charge is -2.15. The van der Waals surface area contributed by atoms with Gasteiger partial charge in [0.1, 0.15) is 6.61 Å². The number of hydrogen-bond donors (Lipinski definition) is 1. The Morgan fingerprint density at radius 3 is 0.774 bits per heavy atom. The molecule has 5 heteroatoms. The number of aliphatic hydroxyl groups excluding tert-OH is 1. The van der Waals surface area contributed by atoms with E-state index in [1.165, 1.54) is 283 Å². The third-order valence-corrected chi connectivity index (χ3v) is 16.7. The summed E-state index contributed by atoms with van der Waals surface area (Å²) in [6.45, 7) is 4.06. The van der Waals surface area contributed by atoms with Crippen molar-refractivity contribution in [3.63, 3.8) is 0 Å². The number of ether oxygens (including phenoxy) is 2. The highest BCUT2D eigenvalue weighted by Gasteiger charge is 2.16. The van der Waals surface area contributed by atoms with Crippen LogP contribution in [0.5, 0.6) is 0 Å². The van der Waals surface area contributed by atoms with Gasteiger partial charge in [0.25, 0.3) is 0 Å². The number of hydrogen-bond acceptors (Lipinski definition) is 5. The number of esters is 2. The van der Waals surface area contributed by atoms with Gasteiger partial charge in [-0.1, -0.05) is 369 Å². The van der Waals surface area contributed by atoms with E-state index in [2.05, 4.69) is 98.9 Å². The molecule has 0 heterocycles. The zero-order valence-electron chi connectivity index (χ0n) is 56.2. The first-order chi connectivity index (χ1) is 41.6. The lowest BCUT2D eigenvalue weighted by molar-refractivity contribution is -0.161. The van der Waals surface area contributed by atoms with E-state index in [1.807, 2.05) is 0 Å². The average molecular weight is 1170 g/mol. The molecule has 84 heavy (non-hydrogen) atoms. The van der Waals surface area contributed by atoms with Crippen LogP contribution in [0.25, 0.3) is 0 Å². The topological polar surface area (TPSA) is 72.8 Å². The van der Waals surface area contributed by atoms with E-state index in [1.54, 1.807) is 0 Å². The van der Waals surface area contributed by atoms with Crippen LogP contribution in [0.15, 0.2) is 85.1 Å². The third-order valence-electron chi connectivity index (χ3n) is 16.7. The van der Waals surface area contributed by atoms with Crippen LogP contribution in [0.2, 0.25) is 0 Å². The van der Waals surface area contributed by atoms with E-state index < -0.39 is 6.10 Å². The molecular weight excluding hydrogens is 1030 g/mol. The van der Waals surface area contributed by atoms with Gasteiger partial charge >= 0.3 is 11.9 Å². The molecule has 0 radical (unpaired) electrons. The number of rotatable bonds is 69. The van der Waals surface area contributed by atoms with Gasteiger partial charge in [0.15, 0.2) is 6.10 Å². The van der Waals surface area contributed by atoms with Crippen LogP contribution in [0.3, 0.4) is 0 Å². The Morgan fingerprint density at radius 2 is 0.512 bits per heavy atom. The minimum atomic E-state index is -0.774. The standard InChI is InChI=1S/C79H142O5/c1-3-5-7-9-11-13-15-17-19-21-23-25-27-29-31-33-34-35-36-37-38-39-40-41-42-43-44-46-47-49-51-53-55-57-59-61-63-65-67-69-71-73-78(81)83-76-77(75-80)84-79(82)74-72-70-68-66-64-62-60-58-56-54-52-50-48-45-32-30-28-26-24-22-20-18-16-14-12-10-8-6-4-2/h6,8,12,14-15,17-18,20-21,23-24,26-27,29,77,80H,3-5,7,9-11,13,16,19,22,25,28,30-76H2,1-2H3/b8-6-,14-12-,17-15-,20-18-,23-21-,26-24-,29-27-. The first-order valence-corrected chi connectivity index (χ1v) is 37.1. The second kappa shape index (κ2) is 74.3. The van der Waals surface area contributed by atoms with Crippen molar-refractivity contribution in [2.24, 2.45) is 0 Å². The van der Waals surface area contributed by atoms with E-state index in [-0.39, 0.29) is 25.2 Å². The highest BCUT2D eigenvalue weighted by atomic mass is 16.6. The van der Waals surface area contributed by atoms with Crippen LogP contribution in [-0.4, -0.2) is 36.4 Å². The van der Waals surface area contributed by atoms with Gasteiger partial charge in [-0.3, -0.25) is 9.59 Å². The molecule has 0 aromatic carbocycles. The Morgan fingerprint density at radius 1 is 0.286 bits per heavy atom. The lowest BCUT2D eigenvalue weighted by Crippen LogP contribution is -2.28. The minimum Gasteiger partial charge on any atom is -0.462 e. The highest BCUT2D eigenvalue weighted by Crippen LogP contribution is 2.19. The second-order valence-corrected chi connectivity index (χ2v) is 25.0. The summed E-state index contributed by atoms with van der Waals surface area (Å²) in [7, 11) is 0. The molecule has 0 saturated heterocycles. The minimum absolute atomic E-state index is 0.0629. The summed E-state index contributed by atoms with van der Waals surface area (Å²) in [6, 6.07) is 0. The summed E-state index contributed by atoms with van der Waals surface area (Å²) in [5.74, 6) is -0.572. The maximum Gasteiger partial charge on any atom is 0.306 e. The van der Waals surface area contributed by atoms with E-state index in [0.29, 0.717) is 12.8 Å². The van der Waals surface area contributed by atoms with Gasteiger partial charge < -0.3 is 14.6 Å². The zero-order valence-corrected chi connectivity index (χ0v) is 56.2. The third kappa shape index (κ3) is 71.6. The Kier molecular flexibility index (Phi) is 71.7. The Bertz CT molecular complexity index is 1520. The van der Waals surface area contributed by atoms with Gasteiger partial charge in [-0.15, -0.1) is 0 Å². The SMILES string of the molecule is CC/C=C\C/C=C\C/C=C\C/C=C\CCCCCCCCCCCCCCCCCCC(=O)OC(CO)COC(=O)CCCCCCCCCCCCCCCCCCCCCCCCCCCC/C=C\C/C=C\C/C=C\CCCCCCC. The Hall–Kier alpha value is -2.92. The first kappa shape index (κ1) is 81.1. The average Bonchev–Trinajstić information content (AvgIpc) is 3.51. The molecule has 0 aliphatic heterocycles. The molecule has 0 bridgehead atoms. The summed E-state index contributed by atoms with van der Waals surface area (Å²) in [5.41, 5.74) is 0. The van der Waals surface area contributed by atoms with Gasteiger partial charge in [0.2, 0.25) is 0 Å². The quantitative estimate of drug-likeness (QED) is 0.0373.